The Bertz CT molecular complexity index is 462. The maximum absolute atomic E-state index is 10.1. The van der Waals surface area contributed by atoms with E-state index in [0.29, 0.717) is 6.42 Å². The third-order valence-electron chi connectivity index (χ3n) is 3.97. The van der Waals surface area contributed by atoms with Crippen molar-refractivity contribution in [2.24, 2.45) is 5.73 Å². The summed E-state index contributed by atoms with van der Waals surface area (Å²) >= 11 is 6.34. The maximum atomic E-state index is 10.1. The van der Waals surface area contributed by atoms with Crippen molar-refractivity contribution in [3.8, 4) is 5.75 Å². The van der Waals surface area contributed by atoms with Crippen molar-refractivity contribution in [3.05, 3.63) is 27.8 Å². The number of benzene rings is 1. The predicted octanol–water partition coefficient (Wildman–Crippen LogP) is 3.56. The second-order valence-electron chi connectivity index (χ2n) is 5.52. The summed E-state index contributed by atoms with van der Waals surface area (Å²) < 4.78 is 5.48. The van der Waals surface area contributed by atoms with E-state index >= 15 is 0 Å². The molecule has 20 heavy (non-hydrogen) atoms. The monoisotopic (exact) mass is 299 g/mol. The van der Waals surface area contributed by atoms with Crippen molar-refractivity contribution in [2.75, 3.05) is 7.11 Å². The molecule has 0 saturated carbocycles. The summed E-state index contributed by atoms with van der Waals surface area (Å²) in [5, 5.41) is 10.9. The highest BCUT2D eigenvalue weighted by molar-refractivity contribution is 6.32. The highest BCUT2D eigenvalue weighted by atomic mass is 35.5. The van der Waals surface area contributed by atoms with Crippen LogP contribution in [0.1, 0.15) is 49.3 Å². The molecule has 0 aliphatic heterocycles. The molecule has 114 valence electrons. The van der Waals surface area contributed by atoms with Crippen molar-refractivity contribution in [3.63, 3.8) is 0 Å². The van der Waals surface area contributed by atoms with Crippen molar-refractivity contribution in [1.29, 1.82) is 0 Å². The fourth-order valence-corrected chi connectivity index (χ4v) is 2.80. The Morgan fingerprint density at radius 2 is 2.00 bits per heavy atom. The summed E-state index contributed by atoms with van der Waals surface area (Å²) in [6.07, 6.45) is 0.851. The number of hydrogen-bond acceptors (Lipinski definition) is 3. The second kappa shape index (κ2) is 7.30. The molecule has 0 fully saturated rings. The van der Waals surface area contributed by atoms with E-state index < -0.39 is 6.10 Å². The van der Waals surface area contributed by atoms with Crippen LogP contribution in [0.25, 0.3) is 0 Å². The third-order valence-corrected chi connectivity index (χ3v) is 4.55. The normalized spacial score (nSPS) is 15.8. The molecule has 3 unspecified atom stereocenters. The smallest absolute Gasteiger partial charge is 0.122 e. The zero-order valence-corrected chi connectivity index (χ0v) is 13.8. The van der Waals surface area contributed by atoms with Gasteiger partial charge in [0.15, 0.2) is 0 Å². The summed E-state index contributed by atoms with van der Waals surface area (Å²) in [5.74, 6) is 0.963. The van der Waals surface area contributed by atoms with Crippen LogP contribution in [0.15, 0.2) is 6.07 Å². The standard InChI is InChI=1S/C16H26ClNO2/c1-6-12(18)13(19)7-9(2)15-11(4)16(17)10(3)8-14(15)20-5/h8-9,12-13,19H,6-7,18H2,1-5H3. The minimum Gasteiger partial charge on any atom is -0.496 e. The summed E-state index contributed by atoms with van der Waals surface area (Å²) in [6.45, 7) is 8.01. The number of ether oxygens (including phenoxy) is 1. The van der Waals surface area contributed by atoms with Crippen LogP contribution in [0.3, 0.4) is 0 Å². The summed E-state index contributed by atoms with van der Waals surface area (Å²) in [5.41, 5.74) is 8.98. The predicted molar refractivity (Wildman–Crippen MR) is 84.8 cm³/mol. The van der Waals surface area contributed by atoms with Crippen LogP contribution in [0.4, 0.5) is 0 Å². The van der Waals surface area contributed by atoms with Gasteiger partial charge in [-0.25, -0.2) is 0 Å². The van der Waals surface area contributed by atoms with Crippen molar-refractivity contribution in [2.45, 2.75) is 58.6 Å². The van der Waals surface area contributed by atoms with E-state index in [1.807, 2.05) is 26.8 Å². The number of nitrogens with two attached hydrogens (primary N) is 1. The number of halogens is 1. The molecule has 4 heteroatoms. The van der Waals surface area contributed by atoms with E-state index in [9.17, 15) is 5.11 Å². The highest BCUT2D eigenvalue weighted by Crippen LogP contribution is 2.38. The highest BCUT2D eigenvalue weighted by Gasteiger charge is 2.22. The SMILES string of the molecule is CCC(N)C(O)CC(C)c1c(OC)cc(C)c(Cl)c1C. The molecule has 0 aliphatic carbocycles. The number of aliphatic hydroxyl groups is 1. The third kappa shape index (κ3) is 3.66. The van der Waals surface area contributed by atoms with Gasteiger partial charge in [-0.05, 0) is 49.8 Å². The lowest BCUT2D eigenvalue weighted by Crippen LogP contribution is -2.34. The second-order valence-corrected chi connectivity index (χ2v) is 5.90. The summed E-state index contributed by atoms with van der Waals surface area (Å²) in [6, 6.07) is 1.76. The molecular weight excluding hydrogens is 274 g/mol. The Hall–Kier alpha value is -0.770. The molecule has 0 radical (unpaired) electrons. The minimum atomic E-state index is -0.515. The first-order valence-electron chi connectivity index (χ1n) is 7.10. The Labute approximate surface area is 127 Å². The lowest BCUT2D eigenvalue weighted by Gasteiger charge is -2.25. The van der Waals surface area contributed by atoms with Crippen molar-refractivity contribution in [1.82, 2.24) is 0 Å². The molecular formula is C16H26ClNO2. The molecule has 3 N–H and O–H groups in total. The molecule has 1 aromatic rings. The quantitative estimate of drug-likeness (QED) is 0.844. The molecule has 1 aromatic carbocycles. The van der Waals surface area contributed by atoms with Gasteiger partial charge in [0.05, 0.1) is 13.2 Å². The van der Waals surface area contributed by atoms with Gasteiger partial charge in [-0.3, -0.25) is 0 Å². The van der Waals surface area contributed by atoms with Crippen LogP contribution in [0.5, 0.6) is 5.75 Å². The average molecular weight is 300 g/mol. The average Bonchev–Trinajstić information content (AvgIpc) is 2.42. The number of rotatable bonds is 6. The fourth-order valence-electron chi connectivity index (χ4n) is 2.64. The molecule has 1 rings (SSSR count). The van der Waals surface area contributed by atoms with Gasteiger partial charge in [0.25, 0.3) is 0 Å². The lowest BCUT2D eigenvalue weighted by atomic mass is 9.88. The minimum absolute atomic E-state index is 0.135. The lowest BCUT2D eigenvalue weighted by molar-refractivity contribution is 0.126. The summed E-state index contributed by atoms with van der Waals surface area (Å²) in [4.78, 5) is 0. The van der Waals surface area contributed by atoms with Crippen LogP contribution in [0, 0.1) is 13.8 Å². The van der Waals surface area contributed by atoms with Crippen LogP contribution < -0.4 is 10.5 Å². The Balaban J connectivity index is 3.09. The number of aryl methyl sites for hydroxylation is 1. The number of hydrogen-bond donors (Lipinski definition) is 2. The van der Waals surface area contributed by atoms with Gasteiger partial charge in [0, 0.05) is 16.6 Å². The molecule has 0 spiro atoms. The first kappa shape index (κ1) is 17.3. The molecule has 0 amide bonds. The maximum Gasteiger partial charge on any atom is 0.122 e. The topological polar surface area (TPSA) is 55.5 Å². The first-order valence-corrected chi connectivity index (χ1v) is 7.48. The Morgan fingerprint density at radius 3 is 2.50 bits per heavy atom. The molecule has 0 aliphatic rings. The molecule has 0 saturated heterocycles. The Morgan fingerprint density at radius 1 is 1.40 bits per heavy atom. The van der Waals surface area contributed by atoms with Crippen LogP contribution >= 0.6 is 11.6 Å². The molecule has 0 aromatic heterocycles. The number of methoxy groups -OCH3 is 1. The van der Waals surface area contributed by atoms with Gasteiger partial charge in [0.1, 0.15) is 5.75 Å². The largest absolute Gasteiger partial charge is 0.496 e. The molecule has 0 bridgehead atoms. The Kier molecular flexibility index (Phi) is 6.31. The van der Waals surface area contributed by atoms with Crippen LogP contribution in [-0.2, 0) is 0 Å². The fraction of sp³-hybridized carbons (Fsp3) is 0.625. The molecule has 3 nitrogen and oxygen atoms in total. The van der Waals surface area contributed by atoms with E-state index in [0.717, 1.165) is 33.9 Å². The van der Waals surface area contributed by atoms with Gasteiger partial charge in [-0.2, -0.15) is 0 Å². The zero-order chi connectivity index (χ0) is 15.4. The first-order chi connectivity index (χ1) is 9.33. The number of aliphatic hydroxyl groups excluding tert-OH is 1. The molecule has 3 atom stereocenters. The van der Waals surface area contributed by atoms with Crippen LogP contribution in [0.2, 0.25) is 5.02 Å². The van der Waals surface area contributed by atoms with Gasteiger partial charge >= 0.3 is 0 Å². The zero-order valence-electron chi connectivity index (χ0n) is 13.0. The van der Waals surface area contributed by atoms with E-state index in [-0.39, 0.29) is 12.0 Å². The van der Waals surface area contributed by atoms with E-state index in [4.69, 9.17) is 22.1 Å². The van der Waals surface area contributed by atoms with E-state index in [1.54, 1.807) is 7.11 Å². The van der Waals surface area contributed by atoms with Crippen LogP contribution in [-0.4, -0.2) is 24.4 Å². The molecule has 0 heterocycles. The van der Waals surface area contributed by atoms with E-state index in [2.05, 4.69) is 6.92 Å². The van der Waals surface area contributed by atoms with Gasteiger partial charge in [0.2, 0.25) is 0 Å². The van der Waals surface area contributed by atoms with Crippen molar-refractivity contribution < 1.29 is 9.84 Å². The van der Waals surface area contributed by atoms with Crippen molar-refractivity contribution >= 4 is 11.6 Å². The van der Waals surface area contributed by atoms with E-state index in [1.165, 1.54) is 0 Å². The van der Waals surface area contributed by atoms with Gasteiger partial charge < -0.3 is 15.6 Å². The van der Waals surface area contributed by atoms with Gasteiger partial charge in [-0.1, -0.05) is 25.4 Å². The summed E-state index contributed by atoms with van der Waals surface area (Å²) in [7, 11) is 1.66. The van der Waals surface area contributed by atoms with Gasteiger partial charge in [-0.15, -0.1) is 0 Å².